The first-order valence-corrected chi connectivity index (χ1v) is 8.27. The normalized spacial score (nSPS) is 12.9. The minimum Gasteiger partial charge on any atom is -0.312 e. The molecule has 3 aromatic rings. The molecule has 2 heterocycles. The maximum atomic E-state index is 13.3. The van der Waals surface area contributed by atoms with Crippen molar-refractivity contribution in [1.82, 2.24) is 5.32 Å². The first-order chi connectivity index (χ1) is 9.65. The van der Waals surface area contributed by atoms with Gasteiger partial charge in [0.1, 0.15) is 5.82 Å². The highest BCUT2D eigenvalue weighted by molar-refractivity contribution is 7.19. The van der Waals surface area contributed by atoms with Crippen LogP contribution in [0.3, 0.4) is 0 Å². The molecule has 0 fully saturated rings. The molecule has 0 spiro atoms. The molecule has 0 saturated heterocycles. The zero-order chi connectivity index (χ0) is 14.1. The lowest BCUT2D eigenvalue weighted by molar-refractivity contribution is 0.607. The molecule has 0 bridgehead atoms. The van der Waals surface area contributed by atoms with Crippen molar-refractivity contribution in [2.24, 2.45) is 0 Å². The van der Waals surface area contributed by atoms with Crippen LogP contribution in [0.2, 0.25) is 4.34 Å². The minimum absolute atomic E-state index is 0.187. The van der Waals surface area contributed by atoms with Crippen LogP contribution in [0.4, 0.5) is 4.39 Å². The number of hydrogen-bond donors (Lipinski definition) is 1. The number of hydrogen-bond acceptors (Lipinski definition) is 3. The predicted molar refractivity (Wildman–Crippen MR) is 86.6 cm³/mol. The van der Waals surface area contributed by atoms with Crippen molar-refractivity contribution in [2.45, 2.75) is 12.5 Å². The SMILES string of the molecule is CNC(Cc1ccc(Cl)s1)c1cc2cc(F)ccc2s1. The molecule has 0 amide bonds. The molecule has 1 N–H and O–H groups in total. The fourth-order valence-corrected chi connectivity index (χ4v) is 4.50. The van der Waals surface area contributed by atoms with Crippen molar-refractivity contribution in [2.75, 3.05) is 7.05 Å². The highest BCUT2D eigenvalue weighted by atomic mass is 35.5. The molecule has 1 nitrogen and oxygen atoms in total. The Balaban J connectivity index is 1.90. The third-order valence-electron chi connectivity index (χ3n) is 3.22. The van der Waals surface area contributed by atoms with Crippen molar-refractivity contribution >= 4 is 44.4 Å². The van der Waals surface area contributed by atoms with E-state index in [4.69, 9.17) is 11.6 Å². The Morgan fingerprint density at radius 1 is 1.20 bits per heavy atom. The summed E-state index contributed by atoms with van der Waals surface area (Å²) >= 11 is 9.29. The molecule has 1 unspecified atom stereocenters. The predicted octanol–water partition coefficient (Wildman–Crippen LogP) is 5.26. The van der Waals surface area contributed by atoms with Gasteiger partial charge in [0.15, 0.2) is 0 Å². The first kappa shape index (κ1) is 14.0. The van der Waals surface area contributed by atoms with E-state index in [2.05, 4.69) is 17.4 Å². The molecule has 2 aromatic heterocycles. The molecular weight excluding hydrogens is 313 g/mol. The molecule has 0 saturated carbocycles. The van der Waals surface area contributed by atoms with E-state index < -0.39 is 0 Å². The van der Waals surface area contributed by atoms with E-state index in [1.165, 1.54) is 15.8 Å². The van der Waals surface area contributed by atoms with Gasteiger partial charge in [-0.2, -0.15) is 0 Å². The van der Waals surface area contributed by atoms with Gasteiger partial charge < -0.3 is 5.32 Å². The van der Waals surface area contributed by atoms with Crippen LogP contribution >= 0.6 is 34.3 Å². The summed E-state index contributed by atoms with van der Waals surface area (Å²) in [7, 11) is 1.95. The number of thiophene rings is 2. The molecule has 0 aliphatic carbocycles. The molecule has 1 aromatic carbocycles. The fraction of sp³-hybridized carbons (Fsp3) is 0.200. The zero-order valence-electron chi connectivity index (χ0n) is 10.8. The number of rotatable bonds is 4. The van der Waals surface area contributed by atoms with E-state index in [1.807, 2.05) is 19.2 Å². The molecule has 1 atom stereocenters. The van der Waals surface area contributed by atoms with Gasteiger partial charge in [-0.15, -0.1) is 22.7 Å². The quantitative estimate of drug-likeness (QED) is 0.690. The van der Waals surface area contributed by atoms with Crippen LogP contribution in [0.15, 0.2) is 36.4 Å². The fourth-order valence-electron chi connectivity index (χ4n) is 2.21. The van der Waals surface area contributed by atoms with E-state index in [0.717, 1.165) is 20.8 Å². The smallest absolute Gasteiger partial charge is 0.123 e. The Kier molecular flexibility index (Phi) is 4.08. The van der Waals surface area contributed by atoms with Gasteiger partial charge in [0.2, 0.25) is 0 Å². The Bertz CT molecular complexity index is 734. The van der Waals surface area contributed by atoms with Gasteiger partial charge in [0.25, 0.3) is 0 Å². The van der Waals surface area contributed by atoms with Crippen molar-refractivity contribution in [1.29, 1.82) is 0 Å². The zero-order valence-corrected chi connectivity index (χ0v) is 13.2. The molecule has 0 aliphatic heterocycles. The lowest BCUT2D eigenvalue weighted by Gasteiger charge is -2.12. The van der Waals surface area contributed by atoms with Gasteiger partial charge in [-0.05, 0) is 48.8 Å². The van der Waals surface area contributed by atoms with Crippen molar-refractivity contribution in [3.8, 4) is 0 Å². The van der Waals surface area contributed by atoms with Crippen molar-refractivity contribution < 1.29 is 4.39 Å². The maximum Gasteiger partial charge on any atom is 0.123 e. The van der Waals surface area contributed by atoms with Crippen LogP contribution in [0, 0.1) is 5.82 Å². The topological polar surface area (TPSA) is 12.0 Å². The van der Waals surface area contributed by atoms with Gasteiger partial charge >= 0.3 is 0 Å². The molecular formula is C15H13ClFNS2. The van der Waals surface area contributed by atoms with Crippen molar-refractivity contribution in [3.05, 3.63) is 56.3 Å². The number of benzene rings is 1. The van der Waals surface area contributed by atoms with Gasteiger partial charge in [-0.3, -0.25) is 0 Å². The highest BCUT2D eigenvalue weighted by Crippen LogP contribution is 2.33. The number of likely N-dealkylation sites (N-methyl/N-ethyl adjacent to an activating group) is 1. The molecule has 0 aliphatic rings. The van der Waals surface area contributed by atoms with Gasteiger partial charge in [-0.25, -0.2) is 4.39 Å². The van der Waals surface area contributed by atoms with E-state index in [0.29, 0.717) is 0 Å². The Hall–Kier alpha value is -0.940. The van der Waals surface area contributed by atoms with E-state index in [-0.39, 0.29) is 11.9 Å². The summed E-state index contributed by atoms with van der Waals surface area (Å²) in [6, 6.07) is 11.2. The van der Waals surface area contributed by atoms with Crippen LogP contribution in [0.25, 0.3) is 10.1 Å². The third-order valence-corrected chi connectivity index (χ3v) is 5.71. The molecule has 20 heavy (non-hydrogen) atoms. The van der Waals surface area contributed by atoms with E-state index in [1.54, 1.807) is 28.7 Å². The monoisotopic (exact) mass is 325 g/mol. The van der Waals surface area contributed by atoms with Gasteiger partial charge in [-0.1, -0.05) is 11.6 Å². The number of nitrogens with one attached hydrogen (secondary N) is 1. The highest BCUT2D eigenvalue weighted by Gasteiger charge is 2.15. The van der Waals surface area contributed by atoms with Gasteiger partial charge in [0, 0.05) is 26.9 Å². The summed E-state index contributed by atoms with van der Waals surface area (Å²) in [5, 5.41) is 4.30. The summed E-state index contributed by atoms with van der Waals surface area (Å²) in [4.78, 5) is 2.47. The Morgan fingerprint density at radius 3 is 2.75 bits per heavy atom. The van der Waals surface area contributed by atoms with Crippen LogP contribution in [0.1, 0.15) is 15.8 Å². The second kappa shape index (κ2) is 5.82. The molecule has 104 valence electrons. The molecule has 0 radical (unpaired) electrons. The Morgan fingerprint density at radius 2 is 2.05 bits per heavy atom. The van der Waals surface area contributed by atoms with Crippen LogP contribution < -0.4 is 5.32 Å². The summed E-state index contributed by atoms with van der Waals surface area (Å²) in [5.74, 6) is -0.187. The van der Waals surface area contributed by atoms with E-state index in [9.17, 15) is 4.39 Å². The minimum atomic E-state index is -0.187. The molecule has 3 rings (SSSR count). The largest absolute Gasteiger partial charge is 0.312 e. The number of fused-ring (bicyclic) bond motifs is 1. The van der Waals surface area contributed by atoms with Crippen LogP contribution in [-0.2, 0) is 6.42 Å². The van der Waals surface area contributed by atoms with E-state index >= 15 is 0 Å². The lowest BCUT2D eigenvalue weighted by Crippen LogP contribution is -2.17. The first-order valence-electron chi connectivity index (χ1n) is 6.26. The second-order valence-electron chi connectivity index (χ2n) is 4.58. The number of halogens is 2. The average Bonchev–Trinajstić information content (AvgIpc) is 3.01. The van der Waals surface area contributed by atoms with Crippen LogP contribution in [0.5, 0.6) is 0 Å². The third kappa shape index (κ3) is 2.88. The second-order valence-corrected chi connectivity index (χ2v) is 7.50. The maximum absolute atomic E-state index is 13.3. The summed E-state index contributed by atoms with van der Waals surface area (Å²) in [6.45, 7) is 0. The van der Waals surface area contributed by atoms with Crippen molar-refractivity contribution in [3.63, 3.8) is 0 Å². The lowest BCUT2D eigenvalue weighted by atomic mass is 10.1. The average molecular weight is 326 g/mol. The van der Waals surface area contributed by atoms with Gasteiger partial charge in [0.05, 0.1) is 4.34 Å². The summed E-state index contributed by atoms with van der Waals surface area (Å²) in [6.07, 6.45) is 0.892. The Labute approximate surface area is 130 Å². The van der Waals surface area contributed by atoms with Crippen LogP contribution in [-0.4, -0.2) is 7.05 Å². The summed E-state index contributed by atoms with van der Waals surface area (Å²) < 4.78 is 15.2. The molecule has 5 heteroatoms. The standard InChI is InChI=1S/C15H13ClFNS2/c1-18-12(8-11-3-5-15(16)19-11)14-7-9-6-10(17)2-4-13(9)20-14/h2-7,12,18H,8H2,1H3. The summed E-state index contributed by atoms with van der Waals surface area (Å²) in [5.41, 5.74) is 0.